The lowest BCUT2D eigenvalue weighted by atomic mass is 10.3. The van der Waals surface area contributed by atoms with Crippen molar-refractivity contribution in [2.24, 2.45) is 4.99 Å². The van der Waals surface area contributed by atoms with Crippen LogP contribution in [0.5, 0.6) is 0 Å². The van der Waals surface area contributed by atoms with Crippen LogP contribution in [0.15, 0.2) is 56.1 Å². The molecule has 26 heavy (non-hydrogen) atoms. The van der Waals surface area contributed by atoms with Crippen molar-refractivity contribution < 1.29 is 8.42 Å². The molecule has 0 bridgehead atoms. The minimum Gasteiger partial charge on any atom is -0.357 e. The predicted octanol–water partition coefficient (Wildman–Crippen LogP) is 3.70. The van der Waals surface area contributed by atoms with Crippen LogP contribution >= 0.6 is 51.2 Å². The van der Waals surface area contributed by atoms with Gasteiger partial charge >= 0.3 is 0 Å². The Morgan fingerprint density at radius 1 is 1.19 bits per heavy atom. The quantitative estimate of drug-likeness (QED) is 0.288. The van der Waals surface area contributed by atoms with E-state index in [1.165, 1.54) is 4.88 Å². The van der Waals surface area contributed by atoms with E-state index in [0.29, 0.717) is 10.9 Å². The second-order valence-corrected chi connectivity index (χ2v) is 9.35. The van der Waals surface area contributed by atoms with Crippen molar-refractivity contribution in [1.29, 1.82) is 0 Å². The summed E-state index contributed by atoms with van der Waals surface area (Å²) in [6, 6.07) is 10.8. The van der Waals surface area contributed by atoms with E-state index >= 15 is 0 Å². The maximum Gasteiger partial charge on any atom is 0.191 e. The number of rotatable bonds is 8. The first-order valence-corrected chi connectivity index (χ1v) is 11.4. The summed E-state index contributed by atoms with van der Waals surface area (Å²) in [7, 11) is -3.33. The van der Waals surface area contributed by atoms with Crippen molar-refractivity contribution in [2.45, 2.75) is 18.2 Å². The predicted molar refractivity (Wildman–Crippen MR) is 124 cm³/mol. The Labute approximate surface area is 184 Å². The van der Waals surface area contributed by atoms with Crippen molar-refractivity contribution in [3.8, 4) is 0 Å². The van der Waals surface area contributed by atoms with Gasteiger partial charge in [-0.1, -0.05) is 22.0 Å². The lowest BCUT2D eigenvalue weighted by molar-refractivity contribution is 0.596. The third-order valence-electron chi connectivity index (χ3n) is 3.39. The molecule has 0 atom stereocenters. The van der Waals surface area contributed by atoms with Gasteiger partial charge in [0.1, 0.15) is 0 Å². The number of nitrogens with one attached hydrogen (secondary N) is 2. The van der Waals surface area contributed by atoms with Gasteiger partial charge in [0, 0.05) is 22.4 Å². The van der Waals surface area contributed by atoms with Crippen LogP contribution in [0.1, 0.15) is 11.8 Å². The lowest BCUT2D eigenvalue weighted by Gasteiger charge is -2.11. The van der Waals surface area contributed by atoms with Gasteiger partial charge in [0.15, 0.2) is 15.8 Å². The Kier molecular flexibility index (Phi) is 10.7. The molecule has 0 aliphatic heterocycles. The summed E-state index contributed by atoms with van der Waals surface area (Å²) in [5, 5.41) is 8.43. The van der Waals surface area contributed by atoms with Gasteiger partial charge in [0.25, 0.3) is 0 Å². The molecule has 2 N–H and O–H groups in total. The Morgan fingerprint density at radius 2 is 1.92 bits per heavy atom. The van der Waals surface area contributed by atoms with Crippen LogP contribution in [0, 0.1) is 0 Å². The molecule has 9 heteroatoms. The maximum absolute atomic E-state index is 12.3. The van der Waals surface area contributed by atoms with E-state index in [4.69, 9.17) is 0 Å². The molecular weight excluding hydrogens is 549 g/mol. The van der Waals surface area contributed by atoms with E-state index in [2.05, 4.69) is 43.0 Å². The summed E-state index contributed by atoms with van der Waals surface area (Å²) in [5.74, 6) is 0.626. The third kappa shape index (κ3) is 7.93. The molecule has 5 nitrogen and oxygen atoms in total. The SMILES string of the molecule is CCNC(=NCCS(=O)(=O)c1ccc(Br)cc1)NCCc1cccs1.I. The fourth-order valence-corrected chi connectivity index (χ4v) is 4.23. The molecule has 2 rings (SSSR count). The van der Waals surface area contributed by atoms with E-state index < -0.39 is 9.84 Å². The number of aliphatic imine (C=N–C) groups is 1. The van der Waals surface area contributed by atoms with Crippen molar-refractivity contribution >= 4 is 67.0 Å². The first-order valence-electron chi connectivity index (χ1n) is 8.04. The zero-order valence-electron chi connectivity index (χ0n) is 14.4. The number of hydrogen-bond acceptors (Lipinski definition) is 4. The molecular formula is C17H23BrIN3O2S2. The number of halogens is 2. The number of guanidine groups is 1. The van der Waals surface area contributed by atoms with E-state index in [-0.39, 0.29) is 36.3 Å². The molecule has 0 unspecified atom stereocenters. The number of thiophene rings is 1. The molecule has 0 radical (unpaired) electrons. The van der Waals surface area contributed by atoms with Gasteiger partial charge in [-0.3, -0.25) is 4.99 Å². The summed E-state index contributed by atoms with van der Waals surface area (Å²) >= 11 is 5.03. The Hall–Kier alpha value is -0.650. The van der Waals surface area contributed by atoms with Gasteiger partial charge in [-0.25, -0.2) is 8.42 Å². The molecule has 1 aromatic carbocycles. The highest BCUT2D eigenvalue weighted by molar-refractivity contribution is 14.0. The van der Waals surface area contributed by atoms with Crippen LogP contribution in [-0.2, 0) is 16.3 Å². The monoisotopic (exact) mass is 571 g/mol. The first-order chi connectivity index (χ1) is 12.0. The normalized spacial score (nSPS) is 11.7. The summed E-state index contributed by atoms with van der Waals surface area (Å²) in [5.41, 5.74) is 0. The molecule has 1 heterocycles. The molecule has 0 aliphatic carbocycles. The lowest BCUT2D eigenvalue weighted by Crippen LogP contribution is -2.38. The van der Waals surface area contributed by atoms with Gasteiger partial charge in [-0.15, -0.1) is 35.3 Å². The van der Waals surface area contributed by atoms with E-state index in [9.17, 15) is 8.42 Å². The second kappa shape index (κ2) is 11.9. The van der Waals surface area contributed by atoms with Crippen LogP contribution < -0.4 is 10.6 Å². The molecule has 144 valence electrons. The number of benzene rings is 1. The Morgan fingerprint density at radius 3 is 2.54 bits per heavy atom. The highest BCUT2D eigenvalue weighted by Gasteiger charge is 2.13. The fraction of sp³-hybridized carbons (Fsp3) is 0.353. The topological polar surface area (TPSA) is 70.6 Å². The molecule has 0 saturated heterocycles. The van der Waals surface area contributed by atoms with Crippen LogP contribution in [0.2, 0.25) is 0 Å². The second-order valence-electron chi connectivity index (χ2n) is 5.29. The van der Waals surface area contributed by atoms with Crippen molar-refractivity contribution in [1.82, 2.24) is 10.6 Å². The fourth-order valence-electron chi connectivity index (χ4n) is 2.14. The summed E-state index contributed by atoms with van der Waals surface area (Å²) in [4.78, 5) is 6.00. The maximum atomic E-state index is 12.3. The minimum absolute atomic E-state index is 0. The minimum atomic E-state index is -3.33. The van der Waals surface area contributed by atoms with Crippen LogP contribution in [0.25, 0.3) is 0 Å². The number of nitrogens with zero attached hydrogens (tertiary/aromatic N) is 1. The molecule has 0 aliphatic rings. The average molecular weight is 572 g/mol. The van der Waals surface area contributed by atoms with Gasteiger partial charge in [-0.05, 0) is 49.1 Å². The van der Waals surface area contributed by atoms with Crippen LogP contribution in [0.4, 0.5) is 0 Å². The third-order valence-corrected chi connectivity index (χ3v) is 6.57. The molecule has 1 aromatic heterocycles. The van der Waals surface area contributed by atoms with Crippen molar-refractivity contribution in [3.05, 3.63) is 51.1 Å². The van der Waals surface area contributed by atoms with Crippen molar-refractivity contribution in [3.63, 3.8) is 0 Å². The van der Waals surface area contributed by atoms with Crippen LogP contribution in [-0.4, -0.2) is 39.8 Å². The van der Waals surface area contributed by atoms with E-state index in [1.54, 1.807) is 35.6 Å². The van der Waals surface area contributed by atoms with Gasteiger partial charge in [-0.2, -0.15) is 0 Å². The zero-order chi connectivity index (χ0) is 18.1. The smallest absolute Gasteiger partial charge is 0.191 e. The van der Waals surface area contributed by atoms with Crippen LogP contribution in [0.3, 0.4) is 0 Å². The first kappa shape index (κ1) is 23.4. The van der Waals surface area contributed by atoms with Crippen molar-refractivity contribution in [2.75, 3.05) is 25.4 Å². The highest BCUT2D eigenvalue weighted by Crippen LogP contribution is 2.15. The zero-order valence-corrected chi connectivity index (χ0v) is 20.0. The van der Waals surface area contributed by atoms with Gasteiger partial charge in [0.2, 0.25) is 0 Å². The van der Waals surface area contributed by atoms with Gasteiger partial charge in [0.05, 0.1) is 17.2 Å². The summed E-state index contributed by atoms with van der Waals surface area (Å²) in [6.07, 6.45) is 0.916. The Balaban J connectivity index is 0.00000338. The average Bonchev–Trinajstić information content (AvgIpc) is 3.08. The molecule has 0 saturated carbocycles. The summed E-state index contributed by atoms with van der Waals surface area (Å²) in [6.45, 7) is 3.68. The van der Waals surface area contributed by atoms with E-state index in [1.807, 2.05) is 13.0 Å². The van der Waals surface area contributed by atoms with Gasteiger partial charge < -0.3 is 10.6 Å². The van der Waals surface area contributed by atoms with E-state index in [0.717, 1.165) is 24.0 Å². The largest absolute Gasteiger partial charge is 0.357 e. The molecule has 0 spiro atoms. The number of hydrogen-bond donors (Lipinski definition) is 2. The standard InChI is InChI=1S/C17H22BrN3O2S2.HI/c1-2-19-17(20-10-9-15-4-3-12-24-15)21-11-13-25(22,23)16-7-5-14(18)6-8-16;/h3-8,12H,2,9-11,13H2,1H3,(H2,19,20,21);1H. The highest BCUT2D eigenvalue weighted by atomic mass is 127. The Bertz CT molecular complexity index is 779. The molecule has 0 fully saturated rings. The number of sulfone groups is 1. The summed E-state index contributed by atoms with van der Waals surface area (Å²) < 4.78 is 25.5. The molecule has 2 aromatic rings. The molecule has 0 amide bonds.